The Morgan fingerprint density at radius 3 is 2.44 bits per heavy atom. The topological polar surface area (TPSA) is 108 Å². The van der Waals surface area contributed by atoms with Crippen molar-refractivity contribution in [2.45, 2.75) is 11.8 Å². The maximum atomic E-state index is 13.3. The van der Waals surface area contributed by atoms with Crippen molar-refractivity contribution in [3.63, 3.8) is 0 Å². The lowest BCUT2D eigenvalue weighted by atomic mass is 10.1. The third kappa shape index (κ3) is 3.28. The highest BCUT2D eigenvalue weighted by Crippen LogP contribution is 2.28. The van der Waals surface area contributed by atoms with E-state index in [0.29, 0.717) is 16.6 Å². The van der Waals surface area contributed by atoms with Gasteiger partial charge >= 0.3 is 0 Å². The molecule has 0 atom stereocenters. The highest BCUT2D eigenvalue weighted by atomic mass is 32.2. The van der Waals surface area contributed by atoms with Crippen molar-refractivity contribution in [3.05, 3.63) is 96.1 Å². The largest absolute Gasteiger partial charge is 0.412 e. The van der Waals surface area contributed by atoms with E-state index in [1.165, 1.54) is 18.3 Å². The first-order valence-corrected chi connectivity index (χ1v) is 11.1. The number of aryl methyl sites for hydroxylation is 1. The van der Waals surface area contributed by atoms with E-state index in [1.807, 2.05) is 6.92 Å². The van der Waals surface area contributed by atoms with Gasteiger partial charge in [-0.05, 0) is 37.3 Å². The number of fused-ring (bicyclic) bond motifs is 1. The van der Waals surface area contributed by atoms with Crippen LogP contribution in [0, 0.1) is 6.92 Å². The van der Waals surface area contributed by atoms with E-state index in [0.717, 1.165) is 9.54 Å². The quantitative estimate of drug-likeness (QED) is 0.379. The highest BCUT2D eigenvalue weighted by Gasteiger charge is 2.27. The van der Waals surface area contributed by atoms with Crippen molar-refractivity contribution in [1.29, 1.82) is 0 Å². The van der Waals surface area contributed by atoms with Gasteiger partial charge in [0, 0.05) is 17.8 Å². The Hall–Kier alpha value is -4.11. The molecule has 158 valence electrons. The molecule has 5 rings (SSSR count). The number of hydrogen-bond acceptors (Lipinski definition) is 7. The molecular formula is C23H16N4O4S. The molecule has 0 amide bonds. The van der Waals surface area contributed by atoms with Gasteiger partial charge in [-0.1, -0.05) is 42.0 Å². The van der Waals surface area contributed by atoms with E-state index in [-0.39, 0.29) is 22.2 Å². The van der Waals surface area contributed by atoms with Gasteiger partial charge in [-0.2, -0.15) is 0 Å². The van der Waals surface area contributed by atoms with Crippen LogP contribution >= 0.6 is 0 Å². The normalized spacial score (nSPS) is 11.7. The Balaban J connectivity index is 1.61. The Morgan fingerprint density at radius 1 is 0.938 bits per heavy atom. The van der Waals surface area contributed by atoms with Gasteiger partial charge in [0.1, 0.15) is 5.69 Å². The van der Waals surface area contributed by atoms with Crippen LogP contribution in [-0.2, 0) is 10.0 Å². The zero-order valence-electron chi connectivity index (χ0n) is 16.8. The molecule has 0 saturated carbocycles. The van der Waals surface area contributed by atoms with Gasteiger partial charge in [0.2, 0.25) is 0 Å². The minimum absolute atomic E-state index is 0.102. The highest BCUT2D eigenvalue weighted by molar-refractivity contribution is 7.90. The Labute approximate surface area is 183 Å². The lowest BCUT2D eigenvalue weighted by Crippen LogP contribution is -2.12. The zero-order valence-corrected chi connectivity index (χ0v) is 17.7. The fraction of sp³-hybridized carbons (Fsp3) is 0.0435. The lowest BCUT2D eigenvalue weighted by Gasteiger charge is -2.07. The van der Waals surface area contributed by atoms with Crippen molar-refractivity contribution in [1.82, 2.24) is 19.2 Å². The van der Waals surface area contributed by atoms with Crippen molar-refractivity contribution < 1.29 is 17.6 Å². The molecule has 0 spiro atoms. The van der Waals surface area contributed by atoms with Gasteiger partial charge in [-0.15, -0.1) is 10.2 Å². The van der Waals surface area contributed by atoms with Crippen LogP contribution in [0.5, 0.6) is 0 Å². The van der Waals surface area contributed by atoms with Gasteiger partial charge in [-0.3, -0.25) is 9.78 Å². The second-order valence-corrected chi connectivity index (χ2v) is 8.95. The second kappa shape index (κ2) is 7.54. The molecule has 0 bridgehead atoms. The number of ketones is 1. The first kappa shape index (κ1) is 19.8. The summed E-state index contributed by atoms with van der Waals surface area (Å²) in [6.07, 6.45) is 2.87. The van der Waals surface area contributed by atoms with E-state index in [1.54, 1.807) is 60.8 Å². The molecule has 0 saturated heterocycles. The smallest absolute Gasteiger partial charge is 0.289 e. The van der Waals surface area contributed by atoms with Crippen molar-refractivity contribution in [2.75, 3.05) is 0 Å². The summed E-state index contributed by atoms with van der Waals surface area (Å²) in [5.41, 5.74) is 1.90. The molecule has 0 N–H and O–H groups in total. The number of benzene rings is 2. The monoisotopic (exact) mass is 444 g/mol. The average molecular weight is 444 g/mol. The second-order valence-electron chi connectivity index (χ2n) is 7.13. The predicted octanol–water partition coefficient (Wildman–Crippen LogP) is 3.86. The number of aromatic nitrogens is 4. The molecule has 0 aliphatic rings. The summed E-state index contributed by atoms with van der Waals surface area (Å²) in [5, 5.41) is 8.21. The zero-order chi connectivity index (χ0) is 22.3. The Bertz CT molecular complexity index is 1550. The van der Waals surface area contributed by atoms with E-state index in [2.05, 4.69) is 15.2 Å². The SMILES string of the molecule is Cc1ccc(S(=O)(=O)n2cc(C(=O)c3nnc(-c4ccccn4)o3)c3ccccc32)cc1. The van der Waals surface area contributed by atoms with Gasteiger partial charge in [0.25, 0.3) is 27.6 Å². The summed E-state index contributed by atoms with van der Waals surface area (Å²) < 4.78 is 33.3. The van der Waals surface area contributed by atoms with Crippen molar-refractivity contribution >= 4 is 26.7 Å². The van der Waals surface area contributed by atoms with Crippen molar-refractivity contribution in [2.24, 2.45) is 0 Å². The number of hydrogen-bond donors (Lipinski definition) is 0. The van der Waals surface area contributed by atoms with Gasteiger partial charge < -0.3 is 4.42 Å². The Morgan fingerprint density at radius 2 is 1.69 bits per heavy atom. The summed E-state index contributed by atoms with van der Waals surface area (Å²) in [4.78, 5) is 17.5. The predicted molar refractivity (Wildman–Crippen MR) is 117 cm³/mol. The fourth-order valence-corrected chi connectivity index (χ4v) is 4.75. The summed E-state index contributed by atoms with van der Waals surface area (Å²) in [5.74, 6) is -0.722. The number of pyridine rings is 1. The molecule has 0 aliphatic heterocycles. The molecular weight excluding hydrogens is 428 g/mol. The van der Waals surface area contributed by atoms with E-state index in [4.69, 9.17) is 4.42 Å². The molecule has 0 radical (unpaired) electrons. The average Bonchev–Trinajstić information content (AvgIpc) is 3.46. The van der Waals surface area contributed by atoms with E-state index >= 15 is 0 Å². The molecule has 8 nitrogen and oxygen atoms in total. The maximum absolute atomic E-state index is 13.3. The minimum atomic E-state index is -3.93. The number of para-hydroxylation sites is 1. The van der Waals surface area contributed by atoms with Crippen LogP contribution in [-0.4, -0.2) is 33.4 Å². The molecule has 0 unspecified atom stereocenters. The molecule has 3 heterocycles. The van der Waals surface area contributed by atoms with Crippen molar-refractivity contribution in [3.8, 4) is 11.6 Å². The molecule has 9 heteroatoms. The van der Waals surface area contributed by atoms with Gasteiger partial charge in [0.05, 0.1) is 16.0 Å². The molecule has 0 fully saturated rings. The van der Waals surface area contributed by atoms with Gasteiger partial charge in [-0.25, -0.2) is 12.4 Å². The van der Waals surface area contributed by atoms with E-state index < -0.39 is 15.8 Å². The maximum Gasteiger partial charge on any atom is 0.289 e. The summed E-state index contributed by atoms with van der Waals surface area (Å²) in [6.45, 7) is 1.88. The lowest BCUT2D eigenvalue weighted by molar-refractivity contribution is 0.100. The number of carbonyl (C=O) groups excluding carboxylic acids is 1. The summed E-state index contributed by atoms with van der Waals surface area (Å²) in [6, 6.07) is 18.5. The van der Waals surface area contributed by atoms with Crippen LogP contribution in [0.15, 0.2) is 88.4 Å². The molecule has 32 heavy (non-hydrogen) atoms. The number of carbonyl (C=O) groups is 1. The minimum Gasteiger partial charge on any atom is -0.412 e. The third-order valence-corrected chi connectivity index (χ3v) is 6.69. The van der Waals surface area contributed by atoms with Crippen LogP contribution in [0.1, 0.15) is 21.8 Å². The van der Waals surface area contributed by atoms with E-state index in [9.17, 15) is 13.2 Å². The summed E-state index contributed by atoms with van der Waals surface area (Å²) >= 11 is 0. The van der Waals surface area contributed by atoms with Gasteiger partial charge in [0.15, 0.2) is 0 Å². The molecule has 5 aromatic rings. The van der Waals surface area contributed by atoms with Crippen LogP contribution in [0.4, 0.5) is 0 Å². The van der Waals surface area contributed by atoms with Crippen LogP contribution < -0.4 is 0 Å². The van der Waals surface area contributed by atoms with Crippen LogP contribution in [0.2, 0.25) is 0 Å². The third-order valence-electron chi connectivity index (χ3n) is 5.00. The first-order chi connectivity index (χ1) is 15.4. The number of nitrogens with zero attached hydrogens (tertiary/aromatic N) is 4. The Kier molecular flexibility index (Phi) is 4.67. The van der Waals surface area contributed by atoms with Crippen LogP contribution in [0.3, 0.4) is 0 Å². The standard InChI is InChI=1S/C23H16N4O4S/c1-15-9-11-16(12-10-15)32(29,30)27-14-18(17-6-2-3-8-20(17)27)21(28)23-26-25-22(31-23)19-7-4-5-13-24-19/h2-14H,1H3. The summed E-state index contributed by atoms with van der Waals surface area (Å²) in [7, 11) is -3.93. The fourth-order valence-electron chi connectivity index (χ4n) is 3.38. The number of rotatable bonds is 5. The molecule has 0 aliphatic carbocycles. The molecule has 3 aromatic heterocycles. The van der Waals surface area contributed by atoms with Crippen LogP contribution in [0.25, 0.3) is 22.5 Å². The molecule has 2 aromatic carbocycles. The first-order valence-electron chi connectivity index (χ1n) is 9.67.